The summed E-state index contributed by atoms with van der Waals surface area (Å²) < 4.78 is 10.7. The molecule has 1 N–H and O–H groups in total. The number of carbonyl (C=O) groups is 1. The largest absolute Gasteiger partial charge is 0.496 e. The van der Waals surface area contributed by atoms with Gasteiger partial charge in [0.15, 0.2) is 0 Å². The highest BCUT2D eigenvalue weighted by molar-refractivity contribution is 5.79. The Labute approximate surface area is 132 Å². The number of carbonyl (C=O) groups excluding carboxylic acids is 1. The lowest BCUT2D eigenvalue weighted by molar-refractivity contribution is -0.121. The number of methoxy groups -OCH3 is 1. The van der Waals surface area contributed by atoms with Crippen molar-refractivity contribution in [2.24, 2.45) is 0 Å². The molecule has 1 amide bonds. The number of morpholine rings is 1. The predicted molar refractivity (Wildman–Crippen MR) is 86.2 cm³/mol. The van der Waals surface area contributed by atoms with Crippen molar-refractivity contribution in [1.82, 2.24) is 10.2 Å². The van der Waals surface area contributed by atoms with Crippen LogP contribution in [0.3, 0.4) is 0 Å². The predicted octanol–water partition coefficient (Wildman–Crippen LogP) is 1.46. The molecule has 1 aliphatic heterocycles. The van der Waals surface area contributed by atoms with Gasteiger partial charge in [-0.15, -0.1) is 0 Å². The Morgan fingerprint density at radius 3 is 2.68 bits per heavy atom. The maximum absolute atomic E-state index is 12.2. The van der Waals surface area contributed by atoms with E-state index in [-0.39, 0.29) is 11.4 Å². The lowest BCUT2D eigenvalue weighted by Gasteiger charge is -2.40. The van der Waals surface area contributed by atoms with Gasteiger partial charge in [-0.25, -0.2) is 0 Å². The smallest absolute Gasteiger partial charge is 0.224 e. The lowest BCUT2D eigenvalue weighted by atomic mass is 10.0. The summed E-state index contributed by atoms with van der Waals surface area (Å²) in [4.78, 5) is 14.6. The minimum absolute atomic E-state index is 0.0193. The second-order valence-corrected chi connectivity index (χ2v) is 6.18. The summed E-state index contributed by atoms with van der Waals surface area (Å²) in [7, 11) is 1.62. The van der Waals surface area contributed by atoms with Crippen molar-refractivity contribution in [3.63, 3.8) is 0 Å². The highest BCUT2D eigenvalue weighted by atomic mass is 16.5. The van der Waals surface area contributed by atoms with Crippen LogP contribution in [0.15, 0.2) is 24.3 Å². The molecule has 1 heterocycles. The summed E-state index contributed by atoms with van der Waals surface area (Å²) in [6.07, 6.45) is 0.337. The quantitative estimate of drug-likeness (QED) is 0.864. The highest BCUT2D eigenvalue weighted by Gasteiger charge is 2.28. The molecular formula is C17H26N2O3. The second-order valence-electron chi connectivity index (χ2n) is 6.18. The van der Waals surface area contributed by atoms with Gasteiger partial charge < -0.3 is 14.8 Å². The molecule has 1 aliphatic rings. The van der Waals surface area contributed by atoms with Gasteiger partial charge in [0, 0.05) is 30.7 Å². The van der Waals surface area contributed by atoms with Crippen molar-refractivity contribution in [2.45, 2.75) is 25.8 Å². The topological polar surface area (TPSA) is 50.8 Å². The summed E-state index contributed by atoms with van der Waals surface area (Å²) in [6, 6.07) is 7.62. The van der Waals surface area contributed by atoms with Crippen molar-refractivity contribution in [2.75, 3.05) is 40.0 Å². The molecule has 0 bridgehead atoms. The number of ether oxygens (including phenoxy) is 2. The van der Waals surface area contributed by atoms with Crippen LogP contribution in [0, 0.1) is 0 Å². The number of rotatable bonds is 6. The number of hydrogen-bond acceptors (Lipinski definition) is 4. The first-order valence-electron chi connectivity index (χ1n) is 7.74. The molecule has 0 saturated carbocycles. The van der Waals surface area contributed by atoms with Crippen molar-refractivity contribution in [3.05, 3.63) is 29.8 Å². The molecule has 0 atom stereocenters. The number of hydrogen-bond donors (Lipinski definition) is 1. The van der Waals surface area contributed by atoms with Crippen molar-refractivity contribution < 1.29 is 14.3 Å². The van der Waals surface area contributed by atoms with E-state index >= 15 is 0 Å². The van der Waals surface area contributed by atoms with Crippen LogP contribution in [-0.4, -0.2) is 56.3 Å². The SMILES string of the molecule is COc1ccccc1CC(=O)NCC(C)(C)N1CCOCC1. The molecule has 1 saturated heterocycles. The lowest BCUT2D eigenvalue weighted by Crippen LogP contribution is -2.55. The molecule has 1 aromatic carbocycles. The summed E-state index contributed by atoms with van der Waals surface area (Å²) >= 11 is 0. The van der Waals surface area contributed by atoms with E-state index in [1.165, 1.54) is 0 Å². The van der Waals surface area contributed by atoms with Crippen molar-refractivity contribution in [3.8, 4) is 5.75 Å². The van der Waals surface area contributed by atoms with Crippen LogP contribution in [0.1, 0.15) is 19.4 Å². The molecule has 122 valence electrons. The van der Waals surface area contributed by atoms with Gasteiger partial charge in [0.25, 0.3) is 0 Å². The third-order valence-corrected chi connectivity index (χ3v) is 4.13. The van der Waals surface area contributed by atoms with Gasteiger partial charge in [-0.2, -0.15) is 0 Å². The van der Waals surface area contributed by atoms with Crippen LogP contribution >= 0.6 is 0 Å². The Morgan fingerprint density at radius 1 is 1.32 bits per heavy atom. The third kappa shape index (κ3) is 4.45. The zero-order chi connectivity index (χ0) is 16.0. The molecule has 0 radical (unpaired) electrons. The summed E-state index contributed by atoms with van der Waals surface area (Å²) in [5.74, 6) is 0.774. The molecule has 2 rings (SSSR count). The fraction of sp³-hybridized carbons (Fsp3) is 0.588. The van der Waals surface area contributed by atoms with Crippen LogP contribution in [0.2, 0.25) is 0 Å². The molecule has 0 aliphatic carbocycles. The van der Waals surface area contributed by atoms with Gasteiger partial charge in [0.05, 0.1) is 26.7 Å². The number of benzene rings is 1. The van der Waals surface area contributed by atoms with E-state index < -0.39 is 0 Å². The first kappa shape index (κ1) is 16.8. The van der Waals surface area contributed by atoms with Crippen LogP contribution in [0.4, 0.5) is 0 Å². The molecular weight excluding hydrogens is 280 g/mol. The van der Waals surface area contributed by atoms with Gasteiger partial charge in [-0.3, -0.25) is 9.69 Å². The van der Waals surface area contributed by atoms with Crippen LogP contribution in [0.5, 0.6) is 5.75 Å². The zero-order valence-electron chi connectivity index (χ0n) is 13.7. The van der Waals surface area contributed by atoms with Gasteiger partial charge in [0.2, 0.25) is 5.91 Å². The Morgan fingerprint density at radius 2 is 2.00 bits per heavy atom. The normalized spacial score (nSPS) is 16.3. The molecule has 1 fully saturated rings. The number of amides is 1. The number of para-hydroxylation sites is 1. The minimum atomic E-state index is -0.0692. The summed E-state index contributed by atoms with van der Waals surface area (Å²) in [6.45, 7) is 8.28. The Balaban J connectivity index is 1.86. The molecule has 0 unspecified atom stereocenters. The maximum Gasteiger partial charge on any atom is 0.224 e. The van der Waals surface area contributed by atoms with Crippen LogP contribution in [-0.2, 0) is 16.0 Å². The van der Waals surface area contributed by atoms with Crippen molar-refractivity contribution in [1.29, 1.82) is 0 Å². The molecule has 22 heavy (non-hydrogen) atoms. The van der Waals surface area contributed by atoms with E-state index in [9.17, 15) is 4.79 Å². The van der Waals surface area contributed by atoms with E-state index in [1.807, 2.05) is 24.3 Å². The van der Waals surface area contributed by atoms with Gasteiger partial charge in [0.1, 0.15) is 5.75 Å². The Bertz CT molecular complexity index is 496. The van der Waals surface area contributed by atoms with E-state index in [1.54, 1.807) is 7.11 Å². The summed E-state index contributed by atoms with van der Waals surface area (Å²) in [5, 5.41) is 3.04. The first-order valence-corrected chi connectivity index (χ1v) is 7.74. The average molecular weight is 306 g/mol. The fourth-order valence-electron chi connectivity index (χ4n) is 2.68. The summed E-state index contributed by atoms with van der Waals surface area (Å²) in [5.41, 5.74) is 0.840. The van der Waals surface area contributed by atoms with Gasteiger partial charge >= 0.3 is 0 Å². The monoisotopic (exact) mass is 306 g/mol. The van der Waals surface area contributed by atoms with E-state index in [2.05, 4.69) is 24.1 Å². The average Bonchev–Trinajstić information content (AvgIpc) is 2.54. The molecule has 5 nitrogen and oxygen atoms in total. The van der Waals surface area contributed by atoms with E-state index in [4.69, 9.17) is 9.47 Å². The zero-order valence-corrected chi connectivity index (χ0v) is 13.7. The van der Waals surface area contributed by atoms with Crippen LogP contribution < -0.4 is 10.1 Å². The fourth-order valence-corrected chi connectivity index (χ4v) is 2.68. The molecule has 0 aromatic heterocycles. The van der Waals surface area contributed by atoms with Crippen molar-refractivity contribution >= 4 is 5.91 Å². The minimum Gasteiger partial charge on any atom is -0.496 e. The Kier molecular flexibility index (Phi) is 5.80. The molecule has 1 aromatic rings. The Hall–Kier alpha value is -1.59. The van der Waals surface area contributed by atoms with E-state index in [0.717, 1.165) is 37.6 Å². The third-order valence-electron chi connectivity index (χ3n) is 4.13. The standard InChI is InChI=1S/C17H26N2O3/c1-17(2,19-8-10-22-11-9-19)13-18-16(20)12-14-6-4-5-7-15(14)21-3/h4-7H,8-13H2,1-3H3,(H,18,20). The van der Waals surface area contributed by atoms with Gasteiger partial charge in [-0.1, -0.05) is 18.2 Å². The van der Waals surface area contributed by atoms with Gasteiger partial charge in [-0.05, 0) is 19.9 Å². The molecule has 0 spiro atoms. The first-order chi connectivity index (χ1) is 10.5. The highest BCUT2D eigenvalue weighted by Crippen LogP contribution is 2.18. The van der Waals surface area contributed by atoms with Crippen LogP contribution in [0.25, 0.3) is 0 Å². The number of nitrogens with zero attached hydrogens (tertiary/aromatic N) is 1. The van der Waals surface area contributed by atoms with E-state index in [0.29, 0.717) is 13.0 Å². The maximum atomic E-state index is 12.2. The molecule has 5 heteroatoms. The second kappa shape index (κ2) is 7.61. The number of nitrogens with one attached hydrogen (secondary N) is 1.